The second-order valence-corrected chi connectivity index (χ2v) is 5.88. The molecule has 1 aliphatic rings. The molecule has 1 N–H and O–H groups in total. The number of hydrogen-bond donors (Lipinski definition) is 1. The van der Waals surface area contributed by atoms with Gasteiger partial charge >= 0.3 is 0 Å². The number of rotatable bonds is 4. The Morgan fingerprint density at radius 3 is 2.80 bits per heavy atom. The number of pyridine rings is 1. The van der Waals surface area contributed by atoms with E-state index in [1.165, 1.54) is 0 Å². The summed E-state index contributed by atoms with van der Waals surface area (Å²) in [5, 5.41) is 0. The van der Waals surface area contributed by atoms with Crippen LogP contribution in [0.15, 0.2) is 54.9 Å². The van der Waals surface area contributed by atoms with Crippen molar-refractivity contribution in [3.05, 3.63) is 66.1 Å². The van der Waals surface area contributed by atoms with Crippen LogP contribution >= 0.6 is 0 Å². The zero-order valence-electron chi connectivity index (χ0n) is 14.0. The molecule has 25 heavy (non-hydrogen) atoms. The number of fused-ring (bicyclic) bond motifs is 1. The maximum atomic E-state index is 5.09. The number of aromatic nitrogens is 3. The maximum Gasteiger partial charge on any atom is 0.178 e. The van der Waals surface area contributed by atoms with Crippen molar-refractivity contribution in [3.8, 4) is 11.5 Å². The molecule has 0 radical (unpaired) electrons. The minimum Gasteiger partial charge on any atom is -0.365 e. The summed E-state index contributed by atoms with van der Waals surface area (Å²) < 4.78 is 0. The van der Waals surface area contributed by atoms with Crippen molar-refractivity contribution < 1.29 is 4.84 Å². The average Bonchev–Trinajstić information content (AvgIpc) is 2.68. The molecule has 0 aliphatic carbocycles. The van der Waals surface area contributed by atoms with Crippen LogP contribution in [0.5, 0.6) is 0 Å². The quantitative estimate of drug-likeness (QED) is 0.740. The summed E-state index contributed by atoms with van der Waals surface area (Å²) in [6, 6.07) is 13.9. The fraction of sp³-hybridized carbons (Fsp3) is 0.211. The van der Waals surface area contributed by atoms with E-state index in [1.54, 1.807) is 13.3 Å². The molecular formula is C19H19N5O. The van der Waals surface area contributed by atoms with Crippen molar-refractivity contribution in [3.63, 3.8) is 0 Å². The van der Waals surface area contributed by atoms with Gasteiger partial charge in [0, 0.05) is 37.5 Å². The monoisotopic (exact) mass is 333 g/mol. The van der Waals surface area contributed by atoms with E-state index in [-0.39, 0.29) is 0 Å². The van der Waals surface area contributed by atoms with Crippen LogP contribution in [0.2, 0.25) is 0 Å². The zero-order valence-corrected chi connectivity index (χ0v) is 14.0. The Kier molecular flexibility index (Phi) is 4.26. The normalized spacial score (nSPS) is 13.4. The first-order valence-electron chi connectivity index (χ1n) is 8.24. The number of benzene rings is 1. The van der Waals surface area contributed by atoms with Gasteiger partial charge < -0.3 is 4.90 Å². The van der Waals surface area contributed by atoms with Crippen LogP contribution in [0, 0.1) is 0 Å². The predicted molar refractivity (Wildman–Crippen MR) is 97.1 cm³/mol. The summed E-state index contributed by atoms with van der Waals surface area (Å²) >= 11 is 0. The minimum atomic E-state index is 0.689. The number of nitrogens with zero attached hydrogens (tertiary/aromatic N) is 4. The summed E-state index contributed by atoms with van der Waals surface area (Å²) in [6.07, 6.45) is 4.56. The zero-order chi connectivity index (χ0) is 17.1. The molecule has 6 heteroatoms. The first-order chi connectivity index (χ1) is 12.3. The van der Waals surface area contributed by atoms with Gasteiger partial charge in [0.05, 0.1) is 24.2 Å². The van der Waals surface area contributed by atoms with E-state index in [4.69, 9.17) is 9.82 Å². The van der Waals surface area contributed by atoms with Gasteiger partial charge in [0.25, 0.3) is 0 Å². The van der Waals surface area contributed by atoms with E-state index in [0.29, 0.717) is 5.82 Å². The molecule has 1 aliphatic heterocycles. The van der Waals surface area contributed by atoms with E-state index in [1.807, 2.05) is 42.6 Å². The minimum absolute atomic E-state index is 0.689. The SMILES string of the molecule is CONc1ccccc1N1CCc2nc(-c3ccccn3)ncc2C1. The lowest BCUT2D eigenvalue weighted by molar-refractivity contribution is 0.271. The van der Waals surface area contributed by atoms with Crippen LogP contribution in [0.1, 0.15) is 11.3 Å². The van der Waals surface area contributed by atoms with Gasteiger partial charge in [-0.3, -0.25) is 15.3 Å². The molecule has 0 saturated heterocycles. The van der Waals surface area contributed by atoms with Crippen LogP contribution < -0.4 is 10.4 Å². The smallest absolute Gasteiger partial charge is 0.178 e. The first kappa shape index (κ1) is 15.5. The third kappa shape index (κ3) is 3.16. The van der Waals surface area contributed by atoms with E-state index < -0.39 is 0 Å². The Balaban J connectivity index is 1.60. The fourth-order valence-corrected chi connectivity index (χ4v) is 3.09. The number of anilines is 2. The molecule has 0 spiro atoms. The standard InChI is InChI=1S/C19H19N5O/c1-25-23-16-6-2-3-8-18(16)24-11-9-15-14(13-24)12-21-19(22-15)17-7-4-5-10-20-17/h2-8,10,12,23H,9,11,13H2,1H3. The van der Waals surface area contributed by atoms with Gasteiger partial charge in [0.1, 0.15) is 5.69 Å². The van der Waals surface area contributed by atoms with Gasteiger partial charge in [-0.2, -0.15) is 0 Å². The number of hydrogen-bond acceptors (Lipinski definition) is 6. The van der Waals surface area contributed by atoms with Crippen molar-refractivity contribution in [2.24, 2.45) is 0 Å². The Labute approximate surface area is 146 Å². The average molecular weight is 333 g/mol. The second kappa shape index (κ2) is 6.86. The van der Waals surface area contributed by atoms with Crippen molar-refractivity contribution >= 4 is 11.4 Å². The Bertz CT molecular complexity index is 869. The van der Waals surface area contributed by atoms with Gasteiger partial charge in [-0.15, -0.1) is 0 Å². The van der Waals surface area contributed by atoms with Crippen molar-refractivity contribution in [2.75, 3.05) is 24.0 Å². The largest absolute Gasteiger partial charge is 0.365 e. The molecule has 0 bridgehead atoms. The van der Waals surface area contributed by atoms with Crippen LogP contribution in [-0.2, 0) is 17.8 Å². The first-order valence-corrected chi connectivity index (χ1v) is 8.24. The highest BCUT2D eigenvalue weighted by Gasteiger charge is 2.21. The third-order valence-corrected chi connectivity index (χ3v) is 4.28. The van der Waals surface area contributed by atoms with Gasteiger partial charge in [-0.25, -0.2) is 9.97 Å². The fourth-order valence-electron chi connectivity index (χ4n) is 3.09. The van der Waals surface area contributed by atoms with Crippen LogP contribution in [0.3, 0.4) is 0 Å². The summed E-state index contributed by atoms with van der Waals surface area (Å²) in [5.41, 5.74) is 8.08. The van der Waals surface area contributed by atoms with Gasteiger partial charge in [0.2, 0.25) is 0 Å². The molecule has 126 valence electrons. The molecule has 3 aromatic rings. The molecule has 4 rings (SSSR count). The highest BCUT2D eigenvalue weighted by molar-refractivity contribution is 5.69. The molecule has 0 unspecified atom stereocenters. The number of para-hydroxylation sites is 2. The van der Waals surface area contributed by atoms with Crippen LogP contribution in [-0.4, -0.2) is 28.6 Å². The van der Waals surface area contributed by atoms with Crippen LogP contribution in [0.25, 0.3) is 11.5 Å². The van der Waals surface area contributed by atoms with E-state index in [0.717, 1.165) is 47.8 Å². The third-order valence-electron chi connectivity index (χ3n) is 4.28. The highest BCUT2D eigenvalue weighted by atomic mass is 16.6. The van der Waals surface area contributed by atoms with Gasteiger partial charge in [-0.05, 0) is 24.3 Å². The van der Waals surface area contributed by atoms with E-state index in [9.17, 15) is 0 Å². The Hall–Kier alpha value is -2.99. The molecule has 2 aromatic heterocycles. The lowest BCUT2D eigenvalue weighted by Crippen LogP contribution is -2.31. The van der Waals surface area contributed by atoms with Crippen LogP contribution in [0.4, 0.5) is 11.4 Å². The van der Waals surface area contributed by atoms with Crippen molar-refractivity contribution in [2.45, 2.75) is 13.0 Å². The lowest BCUT2D eigenvalue weighted by atomic mass is 10.1. The summed E-state index contributed by atoms with van der Waals surface area (Å²) in [5.74, 6) is 0.689. The number of nitrogens with one attached hydrogen (secondary N) is 1. The molecule has 6 nitrogen and oxygen atoms in total. The molecule has 3 heterocycles. The predicted octanol–water partition coefficient (Wildman–Crippen LogP) is 3.07. The molecule has 0 fully saturated rings. The van der Waals surface area contributed by atoms with E-state index >= 15 is 0 Å². The van der Waals surface area contributed by atoms with Gasteiger partial charge in [0.15, 0.2) is 5.82 Å². The molecule has 0 amide bonds. The topological polar surface area (TPSA) is 63.2 Å². The maximum absolute atomic E-state index is 5.09. The molecule has 0 atom stereocenters. The molecule has 0 saturated carbocycles. The summed E-state index contributed by atoms with van der Waals surface area (Å²) in [6.45, 7) is 1.67. The lowest BCUT2D eigenvalue weighted by Gasteiger charge is -2.31. The van der Waals surface area contributed by atoms with Gasteiger partial charge in [-0.1, -0.05) is 18.2 Å². The van der Waals surface area contributed by atoms with Crippen molar-refractivity contribution in [1.82, 2.24) is 15.0 Å². The molecule has 1 aromatic carbocycles. The Morgan fingerprint density at radius 1 is 1.08 bits per heavy atom. The summed E-state index contributed by atoms with van der Waals surface area (Å²) in [7, 11) is 1.62. The van der Waals surface area contributed by atoms with E-state index in [2.05, 4.69) is 26.4 Å². The summed E-state index contributed by atoms with van der Waals surface area (Å²) in [4.78, 5) is 21.0. The highest BCUT2D eigenvalue weighted by Crippen LogP contribution is 2.30. The van der Waals surface area contributed by atoms with Crippen molar-refractivity contribution in [1.29, 1.82) is 0 Å². The Morgan fingerprint density at radius 2 is 1.96 bits per heavy atom. The second-order valence-electron chi connectivity index (χ2n) is 5.88. The molecular weight excluding hydrogens is 314 g/mol.